The van der Waals surface area contributed by atoms with E-state index in [4.69, 9.17) is 0 Å². The molecule has 0 aliphatic heterocycles. The highest BCUT2D eigenvalue weighted by molar-refractivity contribution is 5.47. The van der Waals surface area contributed by atoms with Gasteiger partial charge in [-0.3, -0.25) is 0 Å². The molecule has 0 fully saturated rings. The molecule has 0 aliphatic carbocycles. The minimum absolute atomic E-state index is 0.534. The minimum Gasteiger partial charge on any atom is -0.373 e. The Labute approximate surface area is 106 Å². The lowest BCUT2D eigenvalue weighted by molar-refractivity contribution is 0.532. The number of anilines is 1. The summed E-state index contributed by atoms with van der Waals surface area (Å²) in [6, 6.07) is 9.20. The molecule has 1 rings (SSSR count). The normalized spacial score (nSPS) is 12.5. The quantitative estimate of drug-likeness (QED) is 0.729. The van der Waals surface area contributed by atoms with Crippen LogP contribution in [-0.2, 0) is 0 Å². The van der Waals surface area contributed by atoms with Crippen molar-refractivity contribution in [2.75, 3.05) is 25.0 Å². The molecule has 1 N–H and O–H groups in total. The second-order valence-electron chi connectivity index (χ2n) is 4.93. The van der Waals surface area contributed by atoms with Gasteiger partial charge in [0.2, 0.25) is 0 Å². The number of unbranched alkanes of at least 4 members (excludes halogenated alkanes) is 1. The molecule has 0 bridgehead atoms. The van der Waals surface area contributed by atoms with Crippen LogP contribution in [0.1, 0.15) is 32.3 Å². The Bertz CT molecular complexity index is 322. The number of aryl methyl sites for hydroxylation is 1. The van der Waals surface area contributed by atoms with Crippen LogP contribution in [0.4, 0.5) is 5.69 Å². The Morgan fingerprint density at radius 3 is 2.76 bits per heavy atom. The lowest BCUT2D eigenvalue weighted by Crippen LogP contribution is -2.37. The Kier molecular flexibility index (Phi) is 6.06. The first-order valence-electron chi connectivity index (χ1n) is 6.64. The van der Waals surface area contributed by atoms with Crippen LogP contribution in [0, 0.1) is 6.92 Å². The van der Waals surface area contributed by atoms with E-state index in [-0.39, 0.29) is 0 Å². The summed E-state index contributed by atoms with van der Waals surface area (Å²) < 4.78 is 0. The van der Waals surface area contributed by atoms with Crippen molar-refractivity contribution in [2.45, 2.75) is 39.7 Å². The lowest BCUT2D eigenvalue weighted by atomic mass is 10.2. The van der Waals surface area contributed by atoms with Gasteiger partial charge in [0.15, 0.2) is 0 Å². The molecular weight excluding hydrogens is 208 g/mol. The summed E-state index contributed by atoms with van der Waals surface area (Å²) in [5.74, 6) is 0. The molecule has 17 heavy (non-hydrogen) atoms. The zero-order valence-electron chi connectivity index (χ0n) is 11.7. The predicted molar refractivity (Wildman–Crippen MR) is 76.8 cm³/mol. The van der Waals surface area contributed by atoms with E-state index in [2.05, 4.69) is 62.3 Å². The summed E-state index contributed by atoms with van der Waals surface area (Å²) >= 11 is 0. The molecule has 0 amide bonds. The van der Waals surface area contributed by atoms with E-state index in [1.54, 1.807) is 0 Å². The molecular formula is C15H26N2. The fraction of sp³-hybridized carbons (Fsp3) is 0.600. The summed E-state index contributed by atoms with van der Waals surface area (Å²) in [6.07, 6.45) is 2.52. The van der Waals surface area contributed by atoms with Crippen molar-refractivity contribution in [3.63, 3.8) is 0 Å². The molecule has 0 radical (unpaired) electrons. The van der Waals surface area contributed by atoms with Crippen LogP contribution in [-0.4, -0.2) is 26.2 Å². The molecule has 0 aromatic heterocycles. The zero-order valence-corrected chi connectivity index (χ0v) is 11.7. The van der Waals surface area contributed by atoms with Gasteiger partial charge >= 0.3 is 0 Å². The lowest BCUT2D eigenvalue weighted by Gasteiger charge is -2.24. The summed E-state index contributed by atoms with van der Waals surface area (Å²) in [4.78, 5) is 2.32. The number of nitrogens with zero attached hydrogens (tertiary/aromatic N) is 1. The van der Waals surface area contributed by atoms with Gasteiger partial charge in [-0.15, -0.1) is 0 Å². The minimum atomic E-state index is 0.534. The number of hydrogen-bond donors (Lipinski definition) is 1. The summed E-state index contributed by atoms with van der Waals surface area (Å²) in [6.45, 7) is 8.79. The fourth-order valence-electron chi connectivity index (χ4n) is 1.97. The van der Waals surface area contributed by atoms with Crippen molar-refractivity contribution in [3.05, 3.63) is 29.8 Å². The van der Waals surface area contributed by atoms with E-state index in [0.717, 1.165) is 13.1 Å². The molecule has 1 unspecified atom stereocenters. The van der Waals surface area contributed by atoms with Crippen LogP contribution < -0.4 is 10.2 Å². The van der Waals surface area contributed by atoms with Gasteiger partial charge < -0.3 is 10.2 Å². The predicted octanol–water partition coefficient (Wildman–Crippen LogP) is 3.21. The Balaban J connectivity index is 2.40. The molecule has 2 nitrogen and oxygen atoms in total. The van der Waals surface area contributed by atoms with Gasteiger partial charge in [-0.05, 0) is 44.5 Å². The molecule has 0 saturated heterocycles. The number of benzene rings is 1. The van der Waals surface area contributed by atoms with Crippen LogP contribution in [0.5, 0.6) is 0 Å². The standard InChI is InChI=1S/C15H26N2/c1-5-6-10-16-14(3)12-17(4)15-9-7-8-13(2)11-15/h7-9,11,14,16H,5-6,10,12H2,1-4H3. The Hall–Kier alpha value is -1.02. The number of likely N-dealkylation sites (N-methyl/N-ethyl adjacent to an activating group) is 1. The van der Waals surface area contributed by atoms with E-state index >= 15 is 0 Å². The zero-order chi connectivity index (χ0) is 12.7. The third-order valence-electron chi connectivity index (χ3n) is 3.01. The Morgan fingerprint density at radius 1 is 1.35 bits per heavy atom. The van der Waals surface area contributed by atoms with Crippen LogP contribution >= 0.6 is 0 Å². The number of nitrogens with one attached hydrogen (secondary N) is 1. The van der Waals surface area contributed by atoms with Gasteiger partial charge in [-0.25, -0.2) is 0 Å². The summed E-state index contributed by atoms with van der Waals surface area (Å²) in [5.41, 5.74) is 2.62. The van der Waals surface area contributed by atoms with Crippen molar-refractivity contribution in [1.29, 1.82) is 0 Å². The highest BCUT2D eigenvalue weighted by Crippen LogP contribution is 2.14. The molecule has 0 saturated carbocycles. The van der Waals surface area contributed by atoms with E-state index in [0.29, 0.717) is 6.04 Å². The third-order valence-corrected chi connectivity index (χ3v) is 3.01. The first kappa shape index (κ1) is 14.0. The van der Waals surface area contributed by atoms with Crippen molar-refractivity contribution < 1.29 is 0 Å². The van der Waals surface area contributed by atoms with Crippen LogP contribution in [0.25, 0.3) is 0 Å². The molecule has 2 heteroatoms. The van der Waals surface area contributed by atoms with E-state index in [9.17, 15) is 0 Å². The average Bonchev–Trinajstić information content (AvgIpc) is 2.29. The maximum Gasteiger partial charge on any atom is 0.0366 e. The number of hydrogen-bond acceptors (Lipinski definition) is 2. The monoisotopic (exact) mass is 234 g/mol. The maximum absolute atomic E-state index is 3.56. The molecule has 1 aromatic carbocycles. The van der Waals surface area contributed by atoms with E-state index < -0.39 is 0 Å². The second kappa shape index (κ2) is 7.33. The molecule has 1 aromatic rings. The van der Waals surface area contributed by atoms with Gasteiger partial charge in [-0.1, -0.05) is 25.5 Å². The Morgan fingerprint density at radius 2 is 2.12 bits per heavy atom. The van der Waals surface area contributed by atoms with Crippen molar-refractivity contribution in [1.82, 2.24) is 5.32 Å². The third kappa shape index (κ3) is 5.22. The first-order chi connectivity index (χ1) is 8.13. The number of rotatable bonds is 7. The van der Waals surface area contributed by atoms with Crippen LogP contribution in [0.3, 0.4) is 0 Å². The van der Waals surface area contributed by atoms with Crippen LogP contribution in [0.2, 0.25) is 0 Å². The highest BCUT2D eigenvalue weighted by atomic mass is 15.1. The highest BCUT2D eigenvalue weighted by Gasteiger charge is 2.06. The van der Waals surface area contributed by atoms with Gasteiger partial charge in [0.1, 0.15) is 0 Å². The molecule has 0 aliphatic rings. The first-order valence-corrected chi connectivity index (χ1v) is 6.64. The topological polar surface area (TPSA) is 15.3 Å². The molecule has 0 heterocycles. The van der Waals surface area contributed by atoms with Crippen molar-refractivity contribution in [3.8, 4) is 0 Å². The van der Waals surface area contributed by atoms with E-state index in [1.807, 2.05) is 0 Å². The largest absolute Gasteiger partial charge is 0.373 e. The van der Waals surface area contributed by atoms with Crippen molar-refractivity contribution in [2.24, 2.45) is 0 Å². The van der Waals surface area contributed by atoms with Crippen molar-refractivity contribution >= 4 is 5.69 Å². The van der Waals surface area contributed by atoms with Gasteiger partial charge in [-0.2, -0.15) is 0 Å². The maximum atomic E-state index is 3.56. The summed E-state index contributed by atoms with van der Waals surface area (Å²) in [5, 5.41) is 3.56. The van der Waals surface area contributed by atoms with Gasteiger partial charge in [0, 0.05) is 25.3 Å². The smallest absolute Gasteiger partial charge is 0.0366 e. The SMILES string of the molecule is CCCCNC(C)CN(C)c1cccc(C)c1. The second-order valence-corrected chi connectivity index (χ2v) is 4.93. The van der Waals surface area contributed by atoms with Gasteiger partial charge in [0.25, 0.3) is 0 Å². The van der Waals surface area contributed by atoms with Crippen LogP contribution in [0.15, 0.2) is 24.3 Å². The van der Waals surface area contributed by atoms with Gasteiger partial charge in [0.05, 0.1) is 0 Å². The molecule has 1 atom stereocenters. The molecule has 0 spiro atoms. The average molecular weight is 234 g/mol. The summed E-state index contributed by atoms with van der Waals surface area (Å²) in [7, 11) is 2.16. The molecule has 96 valence electrons. The fourth-order valence-corrected chi connectivity index (χ4v) is 1.97. The van der Waals surface area contributed by atoms with E-state index in [1.165, 1.54) is 24.1 Å².